The Morgan fingerprint density at radius 3 is 2.15 bits per heavy atom. The first-order valence-corrected chi connectivity index (χ1v) is 7.18. The molecule has 0 saturated carbocycles. The smallest absolute Gasteiger partial charge is 0.383 e. The minimum atomic E-state index is -4.49. The zero-order valence-electron chi connectivity index (χ0n) is 13.0. The van der Waals surface area contributed by atoms with E-state index in [2.05, 4.69) is 15.2 Å². The molecule has 0 fully saturated rings. The van der Waals surface area contributed by atoms with Gasteiger partial charge in [0.2, 0.25) is 0 Å². The molecular formula is C17H9F3N6. The lowest BCUT2D eigenvalue weighted by molar-refractivity contribution is -0.137. The number of nitriles is 2. The van der Waals surface area contributed by atoms with Crippen molar-refractivity contribution in [3.8, 4) is 34.7 Å². The van der Waals surface area contributed by atoms with E-state index in [1.807, 2.05) is 12.1 Å². The van der Waals surface area contributed by atoms with Gasteiger partial charge in [-0.1, -0.05) is 12.1 Å². The van der Waals surface area contributed by atoms with E-state index in [0.717, 1.165) is 12.1 Å². The van der Waals surface area contributed by atoms with Gasteiger partial charge >= 0.3 is 6.18 Å². The Labute approximate surface area is 145 Å². The second-order valence-electron chi connectivity index (χ2n) is 5.24. The molecule has 0 aliphatic rings. The highest BCUT2D eigenvalue weighted by Gasteiger charge is 2.30. The van der Waals surface area contributed by atoms with E-state index in [9.17, 15) is 23.7 Å². The highest BCUT2D eigenvalue weighted by Crippen LogP contribution is 2.37. The number of nitrogens with two attached hydrogens (primary N) is 1. The van der Waals surface area contributed by atoms with Crippen molar-refractivity contribution in [2.75, 3.05) is 5.73 Å². The largest absolute Gasteiger partial charge is 0.416 e. The van der Waals surface area contributed by atoms with Gasteiger partial charge in [0.15, 0.2) is 0 Å². The van der Waals surface area contributed by atoms with Crippen molar-refractivity contribution in [3.63, 3.8) is 0 Å². The van der Waals surface area contributed by atoms with E-state index in [4.69, 9.17) is 5.73 Å². The number of nitrogen functional groups attached to an aromatic ring is 1. The Bertz CT molecular complexity index is 1040. The Hall–Kier alpha value is -3.85. The summed E-state index contributed by atoms with van der Waals surface area (Å²) in [6.07, 6.45) is -3.04. The van der Waals surface area contributed by atoms with E-state index in [1.165, 1.54) is 18.3 Å². The fourth-order valence-electron chi connectivity index (χ4n) is 2.52. The number of halogens is 3. The zero-order chi connectivity index (χ0) is 18.9. The lowest BCUT2D eigenvalue weighted by Gasteiger charge is -2.13. The van der Waals surface area contributed by atoms with Crippen molar-refractivity contribution < 1.29 is 13.2 Å². The van der Waals surface area contributed by atoms with E-state index in [0.29, 0.717) is 5.69 Å². The van der Waals surface area contributed by atoms with Crippen molar-refractivity contribution in [1.82, 2.24) is 15.2 Å². The monoisotopic (exact) mass is 354 g/mol. The number of aromatic amines is 1. The third-order valence-electron chi connectivity index (χ3n) is 3.71. The van der Waals surface area contributed by atoms with Gasteiger partial charge in [-0.15, -0.1) is 0 Å². The number of hydrogen-bond acceptors (Lipinski definition) is 5. The fraction of sp³-hybridized carbons (Fsp3) is 0.0588. The molecule has 1 aromatic carbocycles. The Morgan fingerprint density at radius 2 is 1.65 bits per heavy atom. The molecule has 0 radical (unpaired) electrons. The van der Waals surface area contributed by atoms with E-state index >= 15 is 0 Å². The maximum atomic E-state index is 12.8. The molecule has 6 nitrogen and oxygen atoms in total. The van der Waals surface area contributed by atoms with Crippen LogP contribution < -0.4 is 5.73 Å². The van der Waals surface area contributed by atoms with Gasteiger partial charge in [0.1, 0.15) is 29.2 Å². The molecule has 128 valence electrons. The van der Waals surface area contributed by atoms with Crippen LogP contribution in [-0.2, 0) is 6.18 Å². The van der Waals surface area contributed by atoms with Crippen LogP contribution >= 0.6 is 0 Å². The number of nitrogens with one attached hydrogen (secondary N) is 1. The molecule has 0 unspecified atom stereocenters. The summed E-state index contributed by atoms with van der Waals surface area (Å²) in [5, 5.41) is 25.4. The van der Waals surface area contributed by atoms with Gasteiger partial charge < -0.3 is 5.73 Å². The summed E-state index contributed by atoms with van der Waals surface area (Å²) in [5.74, 6) is -0.133. The summed E-state index contributed by atoms with van der Waals surface area (Å²) in [6.45, 7) is 0. The summed E-state index contributed by atoms with van der Waals surface area (Å²) >= 11 is 0. The van der Waals surface area contributed by atoms with Crippen LogP contribution in [0.1, 0.15) is 16.7 Å². The molecule has 2 aromatic heterocycles. The second-order valence-corrected chi connectivity index (χ2v) is 5.24. The van der Waals surface area contributed by atoms with E-state index < -0.39 is 11.7 Å². The number of pyridine rings is 1. The van der Waals surface area contributed by atoms with E-state index in [-0.39, 0.29) is 33.8 Å². The summed E-state index contributed by atoms with van der Waals surface area (Å²) in [6, 6.07) is 9.53. The number of H-pyrrole nitrogens is 1. The van der Waals surface area contributed by atoms with Crippen molar-refractivity contribution in [2.24, 2.45) is 0 Å². The SMILES string of the molecule is N#Cc1c(N)nc(-c2ccn[nH]2)c(C#N)c1-c1ccc(C(F)(F)F)cc1. The third kappa shape index (κ3) is 2.82. The van der Waals surface area contributed by atoms with Crippen LogP contribution in [0.5, 0.6) is 0 Å². The maximum absolute atomic E-state index is 12.8. The molecule has 3 N–H and O–H groups in total. The minimum absolute atomic E-state index is 0.0137. The lowest BCUT2D eigenvalue weighted by atomic mass is 9.93. The Balaban J connectivity index is 2.30. The van der Waals surface area contributed by atoms with Gasteiger partial charge in [-0.2, -0.15) is 28.8 Å². The van der Waals surface area contributed by atoms with Crippen LogP contribution in [0.4, 0.5) is 19.0 Å². The number of nitrogens with zero attached hydrogens (tertiary/aromatic N) is 4. The minimum Gasteiger partial charge on any atom is -0.383 e. The fourth-order valence-corrected chi connectivity index (χ4v) is 2.52. The maximum Gasteiger partial charge on any atom is 0.416 e. The molecule has 2 heterocycles. The van der Waals surface area contributed by atoms with E-state index in [1.54, 1.807) is 6.07 Å². The standard InChI is InChI=1S/C17H9F3N6/c18-17(19,20)10-3-1-9(2-4-10)14-11(7-21)15(13-5-6-24-26-13)25-16(23)12(14)8-22/h1-6H,(H2,23,25)(H,24,26). The van der Waals surface area contributed by atoms with Crippen molar-refractivity contribution in [2.45, 2.75) is 6.18 Å². The molecular weight excluding hydrogens is 345 g/mol. The topological polar surface area (TPSA) is 115 Å². The molecule has 26 heavy (non-hydrogen) atoms. The van der Waals surface area contributed by atoms with Gasteiger partial charge in [-0.3, -0.25) is 5.10 Å². The van der Waals surface area contributed by atoms with Gasteiger partial charge in [0.25, 0.3) is 0 Å². The van der Waals surface area contributed by atoms with Crippen LogP contribution in [-0.4, -0.2) is 15.2 Å². The summed E-state index contributed by atoms with van der Waals surface area (Å²) in [5.41, 5.74) is 5.87. The van der Waals surface area contributed by atoms with Gasteiger partial charge in [0.05, 0.1) is 16.8 Å². The first-order chi connectivity index (χ1) is 12.4. The summed E-state index contributed by atoms with van der Waals surface area (Å²) in [4.78, 5) is 4.08. The van der Waals surface area contributed by atoms with Crippen LogP contribution in [0, 0.1) is 22.7 Å². The molecule has 0 spiro atoms. The molecule has 0 saturated heterocycles. The summed E-state index contributed by atoms with van der Waals surface area (Å²) in [7, 11) is 0. The zero-order valence-corrected chi connectivity index (χ0v) is 13.0. The normalized spacial score (nSPS) is 11.0. The number of alkyl halides is 3. The number of aromatic nitrogens is 3. The molecule has 0 bridgehead atoms. The number of benzene rings is 1. The van der Waals surface area contributed by atoms with Crippen LogP contribution in [0.3, 0.4) is 0 Å². The number of anilines is 1. The molecule has 3 rings (SSSR count). The Morgan fingerprint density at radius 1 is 1.00 bits per heavy atom. The van der Waals surface area contributed by atoms with Crippen LogP contribution in [0.15, 0.2) is 36.5 Å². The average Bonchev–Trinajstić information content (AvgIpc) is 3.14. The molecule has 0 aliphatic heterocycles. The summed E-state index contributed by atoms with van der Waals surface area (Å²) < 4.78 is 38.3. The second kappa shape index (κ2) is 6.22. The number of hydrogen-bond donors (Lipinski definition) is 2. The highest BCUT2D eigenvalue weighted by molar-refractivity contribution is 5.86. The van der Waals surface area contributed by atoms with Crippen molar-refractivity contribution in [3.05, 3.63) is 53.2 Å². The predicted octanol–water partition coefficient (Wildman–Crippen LogP) is 3.48. The van der Waals surface area contributed by atoms with Crippen LogP contribution in [0.25, 0.3) is 22.5 Å². The molecule has 0 aliphatic carbocycles. The first kappa shape index (κ1) is 17.0. The number of rotatable bonds is 2. The van der Waals surface area contributed by atoms with Crippen LogP contribution in [0.2, 0.25) is 0 Å². The first-order valence-electron chi connectivity index (χ1n) is 7.18. The lowest BCUT2D eigenvalue weighted by Crippen LogP contribution is -2.06. The highest BCUT2D eigenvalue weighted by atomic mass is 19.4. The Kier molecular flexibility index (Phi) is 4.07. The predicted molar refractivity (Wildman–Crippen MR) is 86.1 cm³/mol. The average molecular weight is 354 g/mol. The van der Waals surface area contributed by atoms with Crippen molar-refractivity contribution in [1.29, 1.82) is 10.5 Å². The van der Waals surface area contributed by atoms with Gasteiger partial charge in [-0.05, 0) is 23.8 Å². The quantitative estimate of drug-likeness (QED) is 0.731. The third-order valence-corrected chi connectivity index (χ3v) is 3.71. The molecule has 3 aromatic rings. The van der Waals surface area contributed by atoms with Gasteiger partial charge in [0, 0.05) is 11.8 Å². The van der Waals surface area contributed by atoms with Crippen molar-refractivity contribution >= 4 is 5.82 Å². The molecule has 0 atom stereocenters. The molecule has 0 amide bonds. The van der Waals surface area contributed by atoms with Gasteiger partial charge in [-0.25, -0.2) is 4.98 Å². The molecule has 9 heteroatoms.